The van der Waals surface area contributed by atoms with Crippen LogP contribution in [0.4, 0.5) is 11.5 Å². The summed E-state index contributed by atoms with van der Waals surface area (Å²) in [4.78, 5) is 23.1. The fourth-order valence-electron chi connectivity index (χ4n) is 2.35. The van der Waals surface area contributed by atoms with Crippen LogP contribution >= 0.6 is 0 Å². The summed E-state index contributed by atoms with van der Waals surface area (Å²) in [6, 6.07) is 6.89. The highest BCUT2D eigenvalue weighted by Crippen LogP contribution is 2.34. The van der Waals surface area contributed by atoms with Crippen LogP contribution in [0, 0.1) is 6.92 Å². The van der Waals surface area contributed by atoms with E-state index in [4.69, 9.17) is 9.47 Å². The fraction of sp³-hybridized carbons (Fsp3) is 0.353. The average molecular weight is 343 g/mol. The molecule has 1 aromatic carbocycles. The van der Waals surface area contributed by atoms with Crippen molar-refractivity contribution >= 4 is 17.4 Å². The number of hydrogen-bond donors (Lipinski definition) is 2. The second-order valence-corrected chi connectivity index (χ2v) is 5.94. The number of fused-ring (bicyclic) bond motifs is 1. The van der Waals surface area contributed by atoms with Gasteiger partial charge in [0.25, 0.3) is 5.91 Å². The summed E-state index contributed by atoms with van der Waals surface area (Å²) in [5, 5.41) is 6.02. The third-order valence-electron chi connectivity index (χ3n) is 3.57. The van der Waals surface area contributed by atoms with Crippen molar-refractivity contribution in [2.75, 3.05) is 44.6 Å². The number of amides is 1. The molecule has 8 heteroatoms. The molecule has 0 radical (unpaired) electrons. The monoisotopic (exact) mass is 343 g/mol. The van der Waals surface area contributed by atoms with Gasteiger partial charge in [0.05, 0.1) is 0 Å². The molecule has 132 valence electrons. The van der Waals surface area contributed by atoms with Gasteiger partial charge in [0.15, 0.2) is 11.5 Å². The molecule has 0 spiro atoms. The van der Waals surface area contributed by atoms with E-state index in [1.165, 1.54) is 0 Å². The maximum absolute atomic E-state index is 12.5. The number of carbonyl (C=O) groups excluding carboxylic acids is 1. The molecule has 0 bridgehead atoms. The summed E-state index contributed by atoms with van der Waals surface area (Å²) in [7, 11) is 3.99. The number of likely N-dealkylation sites (N-methyl/N-ethyl adjacent to an activating group) is 1. The summed E-state index contributed by atoms with van der Waals surface area (Å²) in [5.41, 5.74) is 0.921. The summed E-state index contributed by atoms with van der Waals surface area (Å²) < 4.78 is 10.6. The predicted octanol–water partition coefficient (Wildman–Crippen LogP) is 1.74. The fourth-order valence-corrected chi connectivity index (χ4v) is 2.35. The topological polar surface area (TPSA) is 88.6 Å². The molecule has 2 N–H and O–H groups in total. The normalized spacial score (nSPS) is 12.3. The van der Waals surface area contributed by atoms with E-state index >= 15 is 0 Å². The number of anilines is 2. The Kier molecular flexibility index (Phi) is 4.99. The molecule has 2 aromatic rings. The van der Waals surface area contributed by atoms with Gasteiger partial charge in [-0.3, -0.25) is 4.79 Å². The van der Waals surface area contributed by atoms with Crippen LogP contribution in [-0.2, 0) is 0 Å². The minimum atomic E-state index is -0.306. The Bertz CT molecular complexity index is 779. The Balaban J connectivity index is 1.70. The van der Waals surface area contributed by atoms with Crippen molar-refractivity contribution in [2.45, 2.75) is 6.92 Å². The van der Waals surface area contributed by atoms with Gasteiger partial charge in [-0.15, -0.1) is 0 Å². The molecule has 1 aromatic heterocycles. The van der Waals surface area contributed by atoms with Crippen molar-refractivity contribution in [2.24, 2.45) is 0 Å². The van der Waals surface area contributed by atoms with Crippen LogP contribution in [0.15, 0.2) is 24.3 Å². The van der Waals surface area contributed by atoms with Gasteiger partial charge in [-0.1, -0.05) is 0 Å². The lowest BCUT2D eigenvalue weighted by atomic mass is 10.2. The van der Waals surface area contributed by atoms with Crippen LogP contribution in [0.5, 0.6) is 11.5 Å². The molecule has 0 fully saturated rings. The predicted molar refractivity (Wildman–Crippen MR) is 94.3 cm³/mol. The molecule has 1 aliphatic heterocycles. The second kappa shape index (κ2) is 7.35. The highest BCUT2D eigenvalue weighted by atomic mass is 16.7. The lowest BCUT2D eigenvalue weighted by Gasteiger charge is -2.12. The largest absolute Gasteiger partial charge is 0.454 e. The van der Waals surface area contributed by atoms with Crippen molar-refractivity contribution in [1.82, 2.24) is 14.9 Å². The number of hydrogen-bond acceptors (Lipinski definition) is 7. The van der Waals surface area contributed by atoms with Crippen LogP contribution < -0.4 is 20.1 Å². The van der Waals surface area contributed by atoms with Gasteiger partial charge in [0, 0.05) is 30.9 Å². The number of rotatable bonds is 6. The zero-order chi connectivity index (χ0) is 17.8. The van der Waals surface area contributed by atoms with Gasteiger partial charge in [-0.25, -0.2) is 9.97 Å². The summed E-state index contributed by atoms with van der Waals surface area (Å²) >= 11 is 0. The van der Waals surface area contributed by atoms with Crippen LogP contribution in [0.3, 0.4) is 0 Å². The molecule has 2 heterocycles. The third-order valence-corrected chi connectivity index (χ3v) is 3.57. The number of carbonyl (C=O) groups is 1. The van der Waals surface area contributed by atoms with E-state index in [9.17, 15) is 4.79 Å². The first-order valence-corrected chi connectivity index (χ1v) is 7.96. The van der Waals surface area contributed by atoms with Gasteiger partial charge in [0.2, 0.25) is 6.79 Å². The summed E-state index contributed by atoms with van der Waals surface area (Å²) in [5.74, 6) is 2.14. The molecule has 0 aliphatic carbocycles. The van der Waals surface area contributed by atoms with E-state index in [1.807, 2.05) is 14.1 Å². The Labute approximate surface area is 146 Å². The highest BCUT2D eigenvalue weighted by Gasteiger charge is 2.16. The number of ether oxygens (including phenoxy) is 2. The minimum Gasteiger partial charge on any atom is -0.454 e. The quantitative estimate of drug-likeness (QED) is 0.826. The molecule has 0 unspecified atom stereocenters. The first-order chi connectivity index (χ1) is 12.0. The van der Waals surface area contributed by atoms with Crippen molar-refractivity contribution in [3.63, 3.8) is 0 Å². The van der Waals surface area contributed by atoms with Crippen molar-refractivity contribution in [3.05, 3.63) is 35.8 Å². The van der Waals surface area contributed by atoms with Gasteiger partial charge in [0.1, 0.15) is 17.3 Å². The van der Waals surface area contributed by atoms with Gasteiger partial charge >= 0.3 is 0 Å². The van der Waals surface area contributed by atoms with Crippen molar-refractivity contribution in [3.8, 4) is 11.5 Å². The standard InChI is InChI=1S/C17H21N5O3/c1-11-19-13(9-16(20-11)18-6-7-22(2)3)17(23)21-12-4-5-14-15(8-12)25-10-24-14/h4-5,8-9H,6-7,10H2,1-3H3,(H,21,23)(H,18,19,20). The van der Waals surface area contributed by atoms with Crippen LogP contribution in [-0.4, -0.2) is 54.8 Å². The lowest BCUT2D eigenvalue weighted by molar-refractivity contribution is 0.102. The second-order valence-electron chi connectivity index (χ2n) is 5.94. The van der Waals surface area contributed by atoms with Gasteiger partial charge in [-0.05, 0) is 33.2 Å². The minimum absolute atomic E-state index is 0.194. The Morgan fingerprint density at radius 1 is 1.20 bits per heavy atom. The van der Waals surface area contributed by atoms with Gasteiger partial charge < -0.3 is 25.0 Å². The molecule has 0 atom stereocenters. The number of nitrogens with zero attached hydrogens (tertiary/aromatic N) is 3. The number of aryl methyl sites for hydroxylation is 1. The Hall–Kier alpha value is -2.87. The van der Waals surface area contributed by atoms with E-state index in [0.29, 0.717) is 34.5 Å². The molecule has 25 heavy (non-hydrogen) atoms. The molecule has 8 nitrogen and oxygen atoms in total. The van der Waals surface area contributed by atoms with E-state index in [1.54, 1.807) is 31.2 Å². The molecule has 1 aliphatic rings. The molecule has 0 saturated heterocycles. The molecular formula is C17H21N5O3. The highest BCUT2D eigenvalue weighted by molar-refractivity contribution is 6.03. The third kappa shape index (κ3) is 4.36. The van der Waals surface area contributed by atoms with E-state index in [2.05, 4.69) is 25.5 Å². The molecule has 0 saturated carbocycles. The van der Waals surface area contributed by atoms with E-state index in [0.717, 1.165) is 13.1 Å². The number of aromatic nitrogens is 2. The molecular weight excluding hydrogens is 322 g/mol. The number of nitrogens with one attached hydrogen (secondary N) is 2. The maximum Gasteiger partial charge on any atom is 0.274 e. The zero-order valence-electron chi connectivity index (χ0n) is 14.5. The smallest absolute Gasteiger partial charge is 0.274 e. The Morgan fingerprint density at radius 3 is 2.80 bits per heavy atom. The van der Waals surface area contributed by atoms with Crippen LogP contribution in [0.1, 0.15) is 16.3 Å². The van der Waals surface area contributed by atoms with Gasteiger partial charge in [-0.2, -0.15) is 0 Å². The maximum atomic E-state index is 12.5. The number of benzene rings is 1. The molecule has 3 rings (SSSR count). The molecule has 1 amide bonds. The SMILES string of the molecule is Cc1nc(NCCN(C)C)cc(C(=O)Nc2ccc3c(c2)OCO3)n1. The van der Waals surface area contributed by atoms with E-state index in [-0.39, 0.29) is 12.7 Å². The van der Waals surface area contributed by atoms with Crippen molar-refractivity contribution < 1.29 is 14.3 Å². The zero-order valence-corrected chi connectivity index (χ0v) is 14.5. The first kappa shape index (κ1) is 17.0. The summed E-state index contributed by atoms with van der Waals surface area (Å²) in [6.07, 6.45) is 0. The first-order valence-electron chi connectivity index (χ1n) is 7.96. The van der Waals surface area contributed by atoms with E-state index < -0.39 is 0 Å². The Morgan fingerprint density at radius 2 is 2.00 bits per heavy atom. The van der Waals surface area contributed by atoms with Crippen molar-refractivity contribution in [1.29, 1.82) is 0 Å². The average Bonchev–Trinajstić information content (AvgIpc) is 3.01. The van der Waals surface area contributed by atoms with Crippen LogP contribution in [0.2, 0.25) is 0 Å². The lowest BCUT2D eigenvalue weighted by Crippen LogP contribution is -2.22. The van der Waals surface area contributed by atoms with Crippen LogP contribution in [0.25, 0.3) is 0 Å². The summed E-state index contributed by atoms with van der Waals surface area (Å²) in [6.45, 7) is 3.54.